The molecule has 1 N–H and O–H groups in total. The van der Waals surface area contributed by atoms with E-state index in [4.69, 9.17) is 0 Å². The van der Waals surface area contributed by atoms with E-state index >= 15 is 0 Å². The number of nitrogens with one attached hydrogen (secondary N) is 1. The number of aryl methyl sites for hydroxylation is 2. The highest BCUT2D eigenvalue weighted by atomic mass is 19.3. The summed E-state index contributed by atoms with van der Waals surface area (Å²) >= 11 is 0. The largest absolute Gasteiger partial charge is 0.435 e. The molecular formula is C20H21F2N5O2. The Labute approximate surface area is 166 Å². The lowest BCUT2D eigenvalue weighted by molar-refractivity contribution is -0.0497. The van der Waals surface area contributed by atoms with Crippen molar-refractivity contribution in [3.8, 4) is 5.75 Å². The predicted molar refractivity (Wildman–Crippen MR) is 102 cm³/mol. The van der Waals surface area contributed by atoms with Gasteiger partial charge in [-0.05, 0) is 44.7 Å². The highest BCUT2D eigenvalue weighted by molar-refractivity contribution is 5.92. The van der Waals surface area contributed by atoms with Crippen LogP contribution in [0.15, 0.2) is 30.6 Å². The van der Waals surface area contributed by atoms with Gasteiger partial charge in [-0.15, -0.1) is 0 Å². The average molecular weight is 401 g/mol. The summed E-state index contributed by atoms with van der Waals surface area (Å²) in [6, 6.07) is 4.41. The van der Waals surface area contributed by atoms with Crippen LogP contribution in [0.2, 0.25) is 0 Å². The third-order valence-electron chi connectivity index (χ3n) is 4.96. The number of benzene rings is 1. The monoisotopic (exact) mass is 401 g/mol. The van der Waals surface area contributed by atoms with Crippen molar-refractivity contribution >= 4 is 16.9 Å². The van der Waals surface area contributed by atoms with E-state index in [1.165, 1.54) is 18.3 Å². The van der Waals surface area contributed by atoms with E-state index in [1.807, 2.05) is 11.5 Å². The molecule has 2 heterocycles. The first-order valence-corrected chi connectivity index (χ1v) is 9.50. The number of imidazole rings is 1. The Morgan fingerprint density at radius 1 is 1.31 bits per heavy atom. The van der Waals surface area contributed by atoms with E-state index in [9.17, 15) is 13.6 Å². The van der Waals surface area contributed by atoms with Crippen LogP contribution in [0.25, 0.3) is 11.0 Å². The molecule has 7 nitrogen and oxygen atoms in total. The van der Waals surface area contributed by atoms with Crippen molar-refractivity contribution in [2.45, 2.75) is 45.9 Å². The Balaban J connectivity index is 1.67. The SMILES string of the molecule is CCn1c([C@@H](NC(=O)c2cnc(C)cn2)C2CC2)nc2cc(OC(F)F)ccc21. The average Bonchev–Trinajstić information content (AvgIpc) is 3.46. The first-order chi connectivity index (χ1) is 14.0. The molecule has 9 heteroatoms. The second kappa shape index (κ2) is 7.73. The second-order valence-corrected chi connectivity index (χ2v) is 7.07. The summed E-state index contributed by atoms with van der Waals surface area (Å²) in [5, 5.41) is 3.04. The van der Waals surface area contributed by atoms with Gasteiger partial charge in [-0.1, -0.05) is 0 Å². The maximum Gasteiger partial charge on any atom is 0.387 e. The fraction of sp³-hybridized carbons (Fsp3) is 0.400. The quantitative estimate of drug-likeness (QED) is 0.654. The van der Waals surface area contributed by atoms with Gasteiger partial charge in [0.15, 0.2) is 0 Å². The lowest BCUT2D eigenvalue weighted by Gasteiger charge is -2.19. The van der Waals surface area contributed by atoms with Crippen molar-refractivity contribution in [1.82, 2.24) is 24.8 Å². The standard InChI is InChI=1S/C20H21F2N5O2/c1-3-27-16-7-6-13(29-20(21)22)8-14(16)25-18(27)17(12-4-5-12)26-19(28)15-10-23-11(2)9-24-15/h6-10,12,17,20H,3-5H2,1-2H3,(H,26,28)/t17-/m0/s1. The minimum Gasteiger partial charge on any atom is -0.435 e. The number of carbonyl (C=O) groups is 1. The van der Waals surface area contributed by atoms with Gasteiger partial charge in [0.25, 0.3) is 5.91 Å². The number of halogens is 2. The van der Waals surface area contributed by atoms with Gasteiger partial charge >= 0.3 is 6.61 Å². The van der Waals surface area contributed by atoms with Crippen molar-refractivity contribution in [2.24, 2.45) is 5.92 Å². The Kier molecular flexibility index (Phi) is 5.12. The topological polar surface area (TPSA) is 81.9 Å². The Bertz CT molecular complexity index is 1030. The summed E-state index contributed by atoms with van der Waals surface area (Å²) in [5.74, 6) is 0.719. The Hall–Kier alpha value is -3.10. The predicted octanol–water partition coefficient (Wildman–Crippen LogP) is 3.64. The minimum atomic E-state index is -2.89. The number of hydrogen-bond donors (Lipinski definition) is 1. The maximum absolute atomic E-state index is 12.7. The Morgan fingerprint density at radius 2 is 2.10 bits per heavy atom. The molecule has 1 aliphatic rings. The summed E-state index contributed by atoms with van der Waals surface area (Å²) < 4.78 is 31.6. The first-order valence-electron chi connectivity index (χ1n) is 9.50. The molecule has 1 atom stereocenters. The molecule has 1 aliphatic carbocycles. The smallest absolute Gasteiger partial charge is 0.387 e. The lowest BCUT2D eigenvalue weighted by Crippen LogP contribution is -2.32. The van der Waals surface area contributed by atoms with Gasteiger partial charge in [0.1, 0.15) is 17.3 Å². The van der Waals surface area contributed by atoms with E-state index in [1.54, 1.807) is 19.2 Å². The van der Waals surface area contributed by atoms with Crippen molar-refractivity contribution in [3.63, 3.8) is 0 Å². The van der Waals surface area contributed by atoms with Crippen LogP contribution in [-0.2, 0) is 6.54 Å². The number of amides is 1. The zero-order valence-electron chi connectivity index (χ0n) is 16.1. The van der Waals surface area contributed by atoms with Crippen LogP contribution in [0.4, 0.5) is 8.78 Å². The molecule has 0 aliphatic heterocycles. The second-order valence-electron chi connectivity index (χ2n) is 7.07. The van der Waals surface area contributed by atoms with Crippen LogP contribution in [0, 0.1) is 12.8 Å². The summed E-state index contributed by atoms with van der Waals surface area (Å²) in [6.07, 6.45) is 4.96. The van der Waals surface area contributed by atoms with Gasteiger partial charge in [0.2, 0.25) is 0 Å². The molecule has 4 rings (SSSR count). The number of rotatable bonds is 7. The summed E-state index contributed by atoms with van der Waals surface area (Å²) in [7, 11) is 0. The molecule has 0 unspecified atom stereocenters. The van der Waals surface area contributed by atoms with Gasteiger partial charge in [0.05, 0.1) is 29.0 Å². The van der Waals surface area contributed by atoms with Crippen LogP contribution in [0.1, 0.15) is 47.8 Å². The summed E-state index contributed by atoms with van der Waals surface area (Å²) in [5.41, 5.74) is 2.33. The van der Waals surface area contributed by atoms with Crippen LogP contribution in [0.5, 0.6) is 5.75 Å². The zero-order chi connectivity index (χ0) is 20.5. The molecule has 1 amide bonds. The van der Waals surface area contributed by atoms with Crippen LogP contribution in [-0.4, -0.2) is 32.0 Å². The summed E-state index contributed by atoms with van der Waals surface area (Å²) in [4.78, 5) is 25.6. The molecule has 0 spiro atoms. The molecule has 1 saturated carbocycles. The molecule has 3 aromatic rings. The highest BCUT2D eigenvalue weighted by Crippen LogP contribution is 2.41. The van der Waals surface area contributed by atoms with Crippen molar-refractivity contribution in [2.75, 3.05) is 0 Å². The number of ether oxygens (including phenoxy) is 1. The van der Waals surface area contributed by atoms with Gasteiger partial charge in [-0.2, -0.15) is 8.78 Å². The first kappa shape index (κ1) is 19.2. The van der Waals surface area contributed by atoms with Crippen LogP contribution < -0.4 is 10.1 Å². The number of fused-ring (bicyclic) bond motifs is 1. The molecule has 2 aromatic heterocycles. The zero-order valence-corrected chi connectivity index (χ0v) is 16.1. The Morgan fingerprint density at radius 3 is 2.72 bits per heavy atom. The van der Waals surface area contributed by atoms with E-state index in [0.29, 0.717) is 17.9 Å². The highest BCUT2D eigenvalue weighted by Gasteiger charge is 2.37. The van der Waals surface area contributed by atoms with Crippen LogP contribution >= 0.6 is 0 Å². The van der Waals surface area contributed by atoms with Crippen molar-refractivity contribution in [3.05, 3.63) is 47.8 Å². The third kappa shape index (κ3) is 4.03. The fourth-order valence-corrected chi connectivity index (χ4v) is 3.42. The van der Waals surface area contributed by atoms with Crippen molar-refractivity contribution in [1.29, 1.82) is 0 Å². The molecule has 29 heavy (non-hydrogen) atoms. The fourth-order valence-electron chi connectivity index (χ4n) is 3.42. The van der Waals surface area contributed by atoms with E-state index in [-0.39, 0.29) is 29.3 Å². The van der Waals surface area contributed by atoms with Gasteiger partial charge in [-0.25, -0.2) is 9.97 Å². The number of nitrogens with zero attached hydrogens (tertiary/aromatic N) is 4. The number of carbonyl (C=O) groups excluding carboxylic acids is 1. The molecule has 0 radical (unpaired) electrons. The molecule has 0 bridgehead atoms. The van der Waals surface area contributed by atoms with Crippen LogP contribution in [0.3, 0.4) is 0 Å². The lowest BCUT2D eigenvalue weighted by atomic mass is 10.1. The van der Waals surface area contributed by atoms with E-state index in [2.05, 4.69) is 25.0 Å². The van der Waals surface area contributed by atoms with Crippen molar-refractivity contribution < 1.29 is 18.3 Å². The molecule has 0 saturated heterocycles. The normalized spacial score (nSPS) is 14.9. The molecular weight excluding hydrogens is 380 g/mol. The summed E-state index contributed by atoms with van der Waals surface area (Å²) in [6.45, 7) is 1.52. The van der Waals surface area contributed by atoms with Gasteiger partial charge in [-0.3, -0.25) is 9.78 Å². The maximum atomic E-state index is 12.7. The van der Waals surface area contributed by atoms with Gasteiger partial charge in [0, 0.05) is 18.8 Å². The van der Waals surface area contributed by atoms with Gasteiger partial charge < -0.3 is 14.6 Å². The number of alkyl halides is 2. The molecule has 1 fully saturated rings. The molecule has 152 valence electrons. The minimum absolute atomic E-state index is 0.0572. The number of aromatic nitrogens is 4. The molecule has 1 aromatic carbocycles. The van der Waals surface area contributed by atoms with E-state index < -0.39 is 6.61 Å². The number of hydrogen-bond acceptors (Lipinski definition) is 5. The third-order valence-corrected chi connectivity index (χ3v) is 4.96. The van der Waals surface area contributed by atoms with E-state index in [0.717, 1.165) is 24.1 Å².